The van der Waals surface area contributed by atoms with Gasteiger partial charge in [-0.3, -0.25) is 9.69 Å². The molecule has 210 valence electrons. The van der Waals surface area contributed by atoms with Crippen molar-refractivity contribution in [3.63, 3.8) is 0 Å². The summed E-state index contributed by atoms with van der Waals surface area (Å²) in [5.41, 5.74) is 11.2. The fraction of sp³-hybridized carbons (Fsp3) is 0.571. The van der Waals surface area contributed by atoms with Gasteiger partial charge in [0.15, 0.2) is 0 Å². The van der Waals surface area contributed by atoms with Gasteiger partial charge in [-0.1, -0.05) is 83.5 Å². The molecule has 1 saturated heterocycles. The lowest BCUT2D eigenvalue weighted by Gasteiger charge is -2.32. The first-order valence-corrected chi connectivity index (χ1v) is 14.9. The van der Waals surface area contributed by atoms with E-state index in [0.717, 1.165) is 45.2 Å². The maximum Gasteiger partial charge on any atom is 0.233 e. The number of carbonyl (C=O) groups excluding carboxylic acids is 1. The quantitative estimate of drug-likeness (QED) is 0.281. The molecule has 0 radical (unpaired) electrons. The van der Waals surface area contributed by atoms with Crippen LogP contribution in [-0.4, -0.2) is 37.5 Å². The first kappa shape index (κ1) is 31.8. The lowest BCUT2D eigenvalue weighted by atomic mass is 9.79. The third-order valence-electron chi connectivity index (χ3n) is 8.48. The van der Waals surface area contributed by atoms with E-state index in [-0.39, 0.29) is 5.91 Å². The number of nitrogens with one attached hydrogen (secondary N) is 1. The van der Waals surface area contributed by atoms with Gasteiger partial charge in [0.25, 0.3) is 0 Å². The second-order valence-electron chi connectivity index (χ2n) is 11.6. The normalized spacial score (nSPS) is 17.7. The number of amides is 1. The van der Waals surface area contributed by atoms with E-state index in [1.807, 2.05) is 6.08 Å². The molecule has 3 nitrogen and oxygen atoms in total. The number of hydrogen-bond donors (Lipinski definition) is 1. The summed E-state index contributed by atoms with van der Waals surface area (Å²) >= 11 is 0. The van der Waals surface area contributed by atoms with Crippen LogP contribution in [0.2, 0.25) is 0 Å². The third-order valence-corrected chi connectivity index (χ3v) is 8.48. The molecule has 1 fully saturated rings. The molecule has 3 heteroatoms. The minimum Gasteiger partial charge on any atom is -0.358 e. The number of carbonyl (C=O) groups is 1. The van der Waals surface area contributed by atoms with Crippen LogP contribution in [0.3, 0.4) is 0 Å². The Kier molecular flexibility index (Phi) is 12.8. The molecule has 2 rings (SSSR count). The van der Waals surface area contributed by atoms with Crippen LogP contribution in [0.1, 0.15) is 103 Å². The first-order chi connectivity index (χ1) is 18.1. The lowest BCUT2D eigenvalue weighted by molar-refractivity contribution is -0.122. The molecule has 0 aliphatic carbocycles. The maximum absolute atomic E-state index is 11.8. The monoisotopic (exact) mass is 518 g/mol. The van der Waals surface area contributed by atoms with Crippen molar-refractivity contribution in [2.75, 3.05) is 26.7 Å². The van der Waals surface area contributed by atoms with E-state index in [2.05, 4.69) is 96.5 Å². The van der Waals surface area contributed by atoms with Crippen molar-refractivity contribution in [1.29, 1.82) is 0 Å². The Labute approximate surface area is 234 Å². The number of rotatable bonds is 12. The number of aryl methyl sites for hydroxylation is 1. The van der Waals surface area contributed by atoms with Gasteiger partial charge in [-0.15, -0.1) is 0 Å². The molecule has 1 amide bonds. The fourth-order valence-corrected chi connectivity index (χ4v) is 5.62. The number of benzene rings is 1. The molecule has 1 atom stereocenters. The number of likely N-dealkylation sites (N-methyl/N-ethyl adjacent to an activating group) is 1. The van der Waals surface area contributed by atoms with Crippen LogP contribution >= 0.6 is 0 Å². The molecule has 0 saturated carbocycles. The SMILES string of the molecule is C=C/C(C)=C(\C=C(\C)C(C)CC)C(/CCC)=C(/c1cc(C2CCN(CC(=O)NC)CC2)ccc1C)C(C)C. The smallest absolute Gasteiger partial charge is 0.233 e. The molecule has 1 heterocycles. The lowest BCUT2D eigenvalue weighted by Crippen LogP contribution is -2.40. The summed E-state index contributed by atoms with van der Waals surface area (Å²) in [7, 11) is 1.72. The van der Waals surface area contributed by atoms with E-state index < -0.39 is 0 Å². The summed E-state index contributed by atoms with van der Waals surface area (Å²) in [6.45, 7) is 25.0. The minimum atomic E-state index is 0.104. The predicted molar refractivity (Wildman–Crippen MR) is 166 cm³/mol. The number of allylic oxidation sites excluding steroid dienone is 7. The highest BCUT2D eigenvalue weighted by molar-refractivity contribution is 5.78. The van der Waals surface area contributed by atoms with Gasteiger partial charge in [-0.05, 0) is 116 Å². The average Bonchev–Trinajstić information content (AvgIpc) is 2.91. The largest absolute Gasteiger partial charge is 0.358 e. The van der Waals surface area contributed by atoms with Gasteiger partial charge < -0.3 is 5.32 Å². The van der Waals surface area contributed by atoms with Crippen molar-refractivity contribution in [3.05, 3.63) is 75.9 Å². The highest BCUT2D eigenvalue weighted by atomic mass is 16.1. The summed E-state index contributed by atoms with van der Waals surface area (Å²) < 4.78 is 0. The van der Waals surface area contributed by atoms with E-state index in [0.29, 0.717) is 24.3 Å². The Morgan fingerprint density at radius 3 is 2.34 bits per heavy atom. The average molecular weight is 519 g/mol. The maximum atomic E-state index is 11.8. The summed E-state index contributed by atoms with van der Waals surface area (Å²) in [5.74, 6) is 1.61. The molecule has 1 aromatic carbocycles. The molecular weight excluding hydrogens is 464 g/mol. The standard InChI is InChI=1S/C35H54N2O/c1-11-14-31(32(26(7)13-3)21-28(9)25(6)12-2)35(24(4)5)33-22-30(16-15-27(33)8)29-17-19-37(20-18-29)23-34(38)36-10/h13,15-16,21-22,24-25,29H,3,11-12,14,17-20,23H2,1-2,4-10H3,(H,36,38)/b28-21-,32-26+,35-31+. The van der Waals surface area contributed by atoms with Crippen LogP contribution < -0.4 is 5.32 Å². The molecule has 0 aromatic heterocycles. The van der Waals surface area contributed by atoms with Crippen LogP contribution in [0.15, 0.2) is 59.2 Å². The van der Waals surface area contributed by atoms with Gasteiger partial charge in [-0.2, -0.15) is 0 Å². The molecule has 1 unspecified atom stereocenters. The molecular formula is C35H54N2O. The van der Waals surface area contributed by atoms with Crippen molar-refractivity contribution < 1.29 is 4.79 Å². The fourth-order valence-electron chi connectivity index (χ4n) is 5.62. The van der Waals surface area contributed by atoms with Gasteiger partial charge in [0.2, 0.25) is 5.91 Å². The number of nitrogens with zero attached hydrogens (tertiary/aromatic N) is 1. The van der Waals surface area contributed by atoms with E-state index in [9.17, 15) is 4.79 Å². The second kappa shape index (κ2) is 15.3. The zero-order valence-corrected chi connectivity index (χ0v) is 25.8. The van der Waals surface area contributed by atoms with Crippen molar-refractivity contribution >= 4 is 11.5 Å². The second-order valence-corrected chi connectivity index (χ2v) is 11.6. The van der Waals surface area contributed by atoms with Crippen molar-refractivity contribution in [2.45, 2.75) is 93.4 Å². The summed E-state index contributed by atoms with van der Waals surface area (Å²) in [5, 5.41) is 2.76. The predicted octanol–water partition coefficient (Wildman–Crippen LogP) is 8.63. The molecule has 1 aromatic rings. The zero-order chi connectivity index (χ0) is 28.4. The number of hydrogen-bond acceptors (Lipinski definition) is 2. The number of likely N-dealkylation sites (tertiary alicyclic amines) is 1. The summed E-state index contributed by atoms with van der Waals surface area (Å²) in [6.07, 6.45) is 9.98. The third kappa shape index (κ3) is 8.30. The van der Waals surface area contributed by atoms with Gasteiger partial charge in [0.05, 0.1) is 6.54 Å². The topological polar surface area (TPSA) is 32.3 Å². The first-order valence-electron chi connectivity index (χ1n) is 14.9. The molecule has 0 spiro atoms. The van der Waals surface area contributed by atoms with Gasteiger partial charge in [0.1, 0.15) is 0 Å². The Hall–Kier alpha value is -2.39. The molecule has 1 aliphatic heterocycles. The van der Waals surface area contributed by atoms with Crippen molar-refractivity contribution in [1.82, 2.24) is 10.2 Å². The van der Waals surface area contributed by atoms with Gasteiger partial charge >= 0.3 is 0 Å². The van der Waals surface area contributed by atoms with Gasteiger partial charge in [-0.25, -0.2) is 0 Å². The van der Waals surface area contributed by atoms with E-state index >= 15 is 0 Å². The van der Waals surface area contributed by atoms with Crippen molar-refractivity contribution in [2.24, 2.45) is 11.8 Å². The minimum absolute atomic E-state index is 0.104. The molecule has 0 bridgehead atoms. The Morgan fingerprint density at radius 1 is 1.16 bits per heavy atom. The Bertz CT molecular complexity index is 1050. The Balaban J connectivity index is 2.61. The molecule has 1 N–H and O–H groups in total. The van der Waals surface area contributed by atoms with E-state index in [1.165, 1.54) is 44.6 Å². The highest BCUT2D eigenvalue weighted by Crippen LogP contribution is 2.39. The van der Waals surface area contributed by atoms with Crippen LogP contribution in [0.5, 0.6) is 0 Å². The van der Waals surface area contributed by atoms with Gasteiger partial charge in [0, 0.05) is 7.05 Å². The summed E-state index contributed by atoms with van der Waals surface area (Å²) in [6, 6.07) is 7.16. The van der Waals surface area contributed by atoms with Crippen LogP contribution in [-0.2, 0) is 4.79 Å². The number of piperidine rings is 1. The summed E-state index contributed by atoms with van der Waals surface area (Å²) in [4.78, 5) is 14.1. The molecule has 1 aliphatic rings. The van der Waals surface area contributed by atoms with Crippen LogP contribution in [0.4, 0.5) is 0 Å². The van der Waals surface area contributed by atoms with E-state index in [4.69, 9.17) is 0 Å². The van der Waals surface area contributed by atoms with Crippen molar-refractivity contribution in [3.8, 4) is 0 Å². The zero-order valence-electron chi connectivity index (χ0n) is 25.8. The Morgan fingerprint density at radius 2 is 1.82 bits per heavy atom. The molecule has 38 heavy (non-hydrogen) atoms. The highest BCUT2D eigenvalue weighted by Gasteiger charge is 2.24. The van der Waals surface area contributed by atoms with Crippen LogP contribution in [0.25, 0.3) is 5.57 Å². The van der Waals surface area contributed by atoms with Crippen LogP contribution in [0, 0.1) is 18.8 Å². The van der Waals surface area contributed by atoms with E-state index in [1.54, 1.807) is 7.05 Å².